The van der Waals surface area contributed by atoms with Crippen LogP contribution in [0.4, 0.5) is 0 Å². The van der Waals surface area contributed by atoms with E-state index in [2.05, 4.69) is 26.1 Å². The zero-order valence-electron chi connectivity index (χ0n) is 25.7. The summed E-state index contributed by atoms with van der Waals surface area (Å²) in [6.07, 6.45) is 2.45. The zero-order chi connectivity index (χ0) is 30.8. The molecule has 1 aliphatic heterocycles. The van der Waals surface area contributed by atoms with E-state index in [1.54, 1.807) is 33.2 Å². The maximum absolute atomic E-state index is 12.9. The quantitative estimate of drug-likeness (QED) is 0.223. The van der Waals surface area contributed by atoms with Crippen LogP contribution in [0.25, 0.3) is 0 Å². The summed E-state index contributed by atoms with van der Waals surface area (Å²) in [4.78, 5) is 50.5. The minimum atomic E-state index is -0.742. The second-order valence-corrected chi connectivity index (χ2v) is 12.4. The normalized spacial score (nSPS) is 25.9. The molecular formula is C30H43BN2O9. The molecule has 1 saturated heterocycles. The molecule has 1 aromatic carbocycles. The van der Waals surface area contributed by atoms with Crippen LogP contribution in [-0.4, -0.2) is 81.4 Å². The molecule has 3 aliphatic carbocycles. The third-order valence-corrected chi connectivity index (χ3v) is 9.38. The lowest BCUT2D eigenvalue weighted by Gasteiger charge is -2.64. The van der Waals surface area contributed by atoms with Crippen LogP contribution in [0.3, 0.4) is 0 Å². The fourth-order valence-electron chi connectivity index (χ4n) is 6.71. The first-order valence-electron chi connectivity index (χ1n) is 14.6. The minimum Gasteiger partial charge on any atom is -0.496 e. The first-order chi connectivity index (χ1) is 19.8. The number of benzene rings is 1. The van der Waals surface area contributed by atoms with Gasteiger partial charge in [0.2, 0.25) is 18.6 Å². The van der Waals surface area contributed by atoms with Gasteiger partial charge >= 0.3 is 19.1 Å². The molecule has 5 unspecified atom stereocenters. The Balaban J connectivity index is 1.44. The summed E-state index contributed by atoms with van der Waals surface area (Å²) in [5, 5.41) is 3.06. The molecule has 4 aliphatic rings. The van der Waals surface area contributed by atoms with Gasteiger partial charge in [0.25, 0.3) is 0 Å². The largest absolute Gasteiger partial charge is 0.496 e. The average molecular weight is 586 g/mol. The number of esters is 2. The third kappa shape index (κ3) is 6.29. The average Bonchev–Trinajstić information content (AvgIpc) is 3.32. The predicted octanol–water partition coefficient (Wildman–Crippen LogP) is 2.93. The number of nitrogens with one attached hydrogen (secondary N) is 1. The Labute approximate surface area is 248 Å². The van der Waals surface area contributed by atoms with Gasteiger partial charge in [-0.05, 0) is 55.1 Å². The minimum absolute atomic E-state index is 0.00129. The molecule has 2 bridgehead atoms. The fourth-order valence-corrected chi connectivity index (χ4v) is 6.71. The van der Waals surface area contributed by atoms with Gasteiger partial charge in [-0.3, -0.25) is 14.4 Å². The smallest absolute Gasteiger partial charge is 0.482 e. The Kier molecular flexibility index (Phi) is 9.57. The van der Waals surface area contributed by atoms with Crippen molar-refractivity contribution in [3.63, 3.8) is 0 Å². The van der Waals surface area contributed by atoms with Crippen LogP contribution in [0.15, 0.2) is 18.2 Å². The van der Waals surface area contributed by atoms with Crippen LogP contribution in [0.1, 0.15) is 75.7 Å². The second kappa shape index (κ2) is 12.6. The Morgan fingerprint density at radius 2 is 1.86 bits per heavy atom. The third-order valence-electron chi connectivity index (χ3n) is 9.38. The summed E-state index contributed by atoms with van der Waals surface area (Å²) >= 11 is 0. The summed E-state index contributed by atoms with van der Waals surface area (Å²) in [6.45, 7) is 7.90. The monoisotopic (exact) mass is 586 g/mol. The van der Waals surface area contributed by atoms with Crippen molar-refractivity contribution >= 4 is 30.9 Å². The SMILES string of the molecule is CCC(=O)NC(Cc1cccc(C(=O)OCOC(=O)CCC(=O)N(C)C)c1OC)B1OC2CC3CC(C3(C)C)C2(C)O1. The van der Waals surface area contributed by atoms with Gasteiger partial charge in [0.05, 0.1) is 31.2 Å². The van der Waals surface area contributed by atoms with Crippen LogP contribution in [-0.2, 0) is 39.6 Å². The van der Waals surface area contributed by atoms with Gasteiger partial charge in [-0.2, -0.15) is 0 Å². The Morgan fingerprint density at radius 3 is 2.50 bits per heavy atom. The van der Waals surface area contributed by atoms with Crippen LogP contribution < -0.4 is 10.1 Å². The number of methoxy groups -OCH3 is 1. The number of nitrogens with zero attached hydrogens (tertiary/aromatic N) is 1. The van der Waals surface area contributed by atoms with Crippen molar-refractivity contribution in [1.82, 2.24) is 10.2 Å². The van der Waals surface area contributed by atoms with E-state index in [0.717, 1.165) is 12.8 Å². The van der Waals surface area contributed by atoms with Crippen molar-refractivity contribution < 1.29 is 42.7 Å². The summed E-state index contributed by atoms with van der Waals surface area (Å²) in [7, 11) is 3.98. The highest BCUT2D eigenvalue weighted by Gasteiger charge is 2.68. The maximum Gasteiger partial charge on any atom is 0.482 e. The van der Waals surface area contributed by atoms with E-state index in [1.807, 2.05) is 6.07 Å². The van der Waals surface area contributed by atoms with Crippen molar-refractivity contribution in [1.29, 1.82) is 0 Å². The van der Waals surface area contributed by atoms with E-state index in [0.29, 0.717) is 23.8 Å². The van der Waals surface area contributed by atoms with Gasteiger partial charge in [-0.15, -0.1) is 0 Å². The number of para-hydroxylation sites is 1. The van der Waals surface area contributed by atoms with Gasteiger partial charge in [0.15, 0.2) is 0 Å². The van der Waals surface area contributed by atoms with E-state index < -0.39 is 37.4 Å². The Hall–Kier alpha value is -3.12. The van der Waals surface area contributed by atoms with Crippen molar-refractivity contribution in [2.24, 2.45) is 17.3 Å². The lowest BCUT2D eigenvalue weighted by atomic mass is 9.43. The molecule has 12 heteroatoms. The highest BCUT2D eigenvalue weighted by molar-refractivity contribution is 6.48. The van der Waals surface area contributed by atoms with Crippen LogP contribution in [0, 0.1) is 17.3 Å². The van der Waals surface area contributed by atoms with E-state index in [9.17, 15) is 19.2 Å². The number of hydrogen-bond acceptors (Lipinski definition) is 9. The molecule has 0 aromatic heterocycles. The molecule has 3 saturated carbocycles. The molecule has 42 heavy (non-hydrogen) atoms. The van der Waals surface area contributed by atoms with Crippen LogP contribution in [0.5, 0.6) is 5.75 Å². The number of rotatable bonds is 12. The Bertz CT molecular complexity index is 1210. The summed E-state index contributed by atoms with van der Waals surface area (Å²) < 4.78 is 28.9. The van der Waals surface area contributed by atoms with E-state index in [1.165, 1.54) is 12.0 Å². The molecule has 230 valence electrons. The van der Waals surface area contributed by atoms with Gasteiger partial charge in [-0.1, -0.05) is 32.9 Å². The molecule has 1 N–H and O–H groups in total. The highest BCUT2D eigenvalue weighted by Crippen LogP contribution is 2.65. The molecule has 0 radical (unpaired) electrons. The zero-order valence-corrected chi connectivity index (χ0v) is 25.7. The van der Waals surface area contributed by atoms with E-state index in [-0.39, 0.29) is 53.9 Å². The predicted molar refractivity (Wildman–Crippen MR) is 153 cm³/mol. The molecule has 5 rings (SSSR count). The number of amides is 2. The van der Waals surface area contributed by atoms with Crippen molar-refractivity contribution in [3.05, 3.63) is 29.3 Å². The molecule has 4 fully saturated rings. The standard InChI is InChI=1S/C30H43BN2O9/c1-8-24(34)32-23(31-41-22-16-19-15-21(29(19,2)3)30(22,4)42-31)14-18-10-9-11-20(27(18)38-7)28(37)40-17-39-26(36)13-12-25(35)33(5)6/h9-11,19,21-23H,8,12-17H2,1-7H3,(H,32,34). The van der Waals surface area contributed by atoms with Crippen LogP contribution in [0.2, 0.25) is 0 Å². The molecule has 11 nitrogen and oxygen atoms in total. The van der Waals surface area contributed by atoms with Gasteiger partial charge in [0.1, 0.15) is 11.3 Å². The fraction of sp³-hybridized carbons (Fsp3) is 0.667. The number of ether oxygens (including phenoxy) is 3. The van der Waals surface area contributed by atoms with Gasteiger partial charge < -0.3 is 33.7 Å². The van der Waals surface area contributed by atoms with E-state index in [4.69, 9.17) is 23.5 Å². The number of hydrogen-bond donors (Lipinski definition) is 1. The number of carbonyl (C=O) groups is 4. The highest BCUT2D eigenvalue weighted by atomic mass is 16.7. The summed E-state index contributed by atoms with van der Waals surface area (Å²) in [5.74, 6) is -1.02. The van der Waals surface area contributed by atoms with Crippen molar-refractivity contribution in [2.45, 2.75) is 83.9 Å². The van der Waals surface area contributed by atoms with Crippen molar-refractivity contribution in [2.75, 3.05) is 28.0 Å². The molecule has 1 aromatic rings. The second-order valence-electron chi connectivity index (χ2n) is 12.4. The number of carbonyl (C=O) groups excluding carboxylic acids is 4. The van der Waals surface area contributed by atoms with Crippen LogP contribution >= 0.6 is 0 Å². The van der Waals surface area contributed by atoms with Gasteiger partial charge in [-0.25, -0.2) is 4.79 Å². The van der Waals surface area contributed by atoms with E-state index >= 15 is 0 Å². The summed E-state index contributed by atoms with van der Waals surface area (Å²) in [5.41, 5.74) is 0.544. The lowest BCUT2D eigenvalue weighted by Crippen LogP contribution is -2.65. The first kappa shape index (κ1) is 31.8. The lowest BCUT2D eigenvalue weighted by molar-refractivity contribution is -0.199. The van der Waals surface area contributed by atoms with Gasteiger partial charge in [0, 0.05) is 26.9 Å². The molecule has 2 amide bonds. The maximum atomic E-state index is 12.9. The van der Waals surface area contributed by atoms with Crippen molar-refractivity contribution in [3.8, 4) is 5.75 Å². The first-order valence-corrected chi connectivity index (χ1v) is 14.6. The Morgan fingerprint density at radius 1 is 1.12 bits per heavy atom. The molecule has 1 heterocycles. The summed E-state index contributed by atoms with van der Waals surface area (Å²) in [6, 6.07) is 5.06. The molecule has 0 spiro atoms. The molecular weight excluding hydrogens is 543 g/mol. The molecule has 5 atom stereocenters. The topological polar surface area (TPSA) is 130 Å².